The van der Waals surface area contributed by atoms with Crippen LogP contribution in [0.4, 0.5) is 0 Å². The van der Waals surface area contributed by atoms with Crippen molar-refractivity contribution in [2.24, 2.45) is 0 Å². The molecule has 2 aromatic heterocycles. The topological polar surface area (TPSA) is 88.9 Å². The molecule has 8 nitrogen and oxygen atoms in total. The second-order valence-electron chi connectivity index (χ2n) is 9.68. The van der Waals surface area contributed by atoms with E-state index < -0.39 is 0 Å². The van der Waals surface area contributed by atoms with Gasteiger partial charge in [0.15, 0.2) is 5.82 Å². The number of benzene rings is 3. The SMILES string of the molecule is CC[C@H](c1nnnn1Cc1ccc(OC)cc1)N(Cc1ccccc1Cl)Cc1cc2cc(C)ccc2[nH]c1=O. The van der Waals surface area contributed by atoms with Crippen molar-refractivity contribution in [3.63, 3.8) is 0 Å². The van der Waals surface area contributed by atoms with Crippen LogP contribution in [0.25, 0.3) is 10.9 Å². The minimum atomic E-state index is -0.165. The molecule has 0 aliphatic heterocycles. The molecule has 1 N–H and O–H groups in total. The predicted molar refractivity (Wildman–Crippen MR) is 153 cm³/mol. The minimum Gasteiger partial charge on any atom is -0.497 e. The highest BCUT2D eigenvalue weighted by atomic mass is 35.5. The molecule has 2 heterocycles. The molecule has 200 valence electrons. The summed E-state index contributed by atoms with van der Waals surface area (Å²) < 4.78 is 7.11. The van der Waals surface area contributed by atoms with Gasteiger partial charge in [0.25, 0.3) is 5.56 Å². The lowest BCUT2D eigenvalue weighted by Gasteiger charge is -2.30. The number of hydrogen-bond donors (Lipinski definition) is 1. The van der Waals surface area contributed by atoms with E-state index in [2.05, 4.69) is 38.4 Å². The zero-order valence-electron chi connectivity index (χ0n) is 22.3. The van der Waals surface area contributed by atoms with E-state index in [0.29, 0.717) is 30.2 Å². The minimum absolute atomic E-state index is 0.108. The summed E-state index contributed by atoms with van der Waals surface area (Å²) in [5.74, 6) is 1.53. The van der Waals surface area contributed by atoms with Gasteiger partial charge in [-0.3, -0.25) is 9.69 Å². The van der Waals surface area contributed by atoms with Crippen molar-refractivity contribution in [3.8, 4) is 5.75 Å². The quantitative estimate of drug-likeness (QED) is 0.244. The second kappa shape index (κ2) is 11.8. The smallest absolute Gasteiger partial charge is 0.252 e. The fourth-order valence-corrected chi connectivity index (χ4v) is 5.10. The number of aryl methyl sites for hydroxylation is 1. The molecule has 0 aliphatic carbocycles. The molecule has 0 fully saturated rings. The largest absolute Gasteiger partial charge is 0.497 e. The number of nitrogens with zero attached hydrogens (tertiary/aromatic N) is 5. The summed E-state index contributed by atoms with van der Waals surface area (Å²) >= 11 is 6.58. The van der Waals surface area contributed by atoms with Crippen LogP contribution in [0.3, 0.4) is 0 Å². The van der Waals surface area contributed by atoms with Crippen molar-refractivity contribution in [2.75, 3.05) is 7.11 Å². The van der Waals surface area contributed by atoms with Gasteiger partial charge in [-0.2, -0.15) is 0 Å². The fourth-order valence-electron chi connectivity index (χ4n) is 4.90. The van der Waals surface area contributed by atoms with E-state index in [-0.39, 0.29) is 11.6 Å². The number of methoxy groups -OCH3 is 1. The highest BCUT2D eigenvalue weighted by Gasteiger charge is 2.26. The van der Waals surface area contributed by atoms with Gasteiger partial charge in [0.1, 0.15) is 5.75 Å². The van der Waals surface area contributed by atoms with Crippen LogP contribution in [0.1, 0.15) is 47.5 Å². The van der Waals surface area contributed by atoms with Gasteiger partial charge in [-0.25, -0.2) is 4.68 Å². The van der Waals surface area contributed by atoms with Crippen LogP contribution in [-0.2, 0) is 19.6 Å². The first kappa shape index (κ1) is 26.6. The highest BCUT2D eigenvalue weighted by molar-refractivity contribution is 6.31. The lowest BCUT2D eigenvalue weighted by Crippen LogP contribution is -2.32. The number of halogens is 1. The summed E-state index contributed by atoms with van der Waals surface area (Å²) in [6.07, 6.45) is 0.734. The molecule has 0 bridgehead atoms. The van der Waals surface area contributed by atoms with Crippen LogP contribution in [0.15, 0.2) is 77.6 Å². The zero-order valence-corrected chi connectivity index (χ0v) is 23.0. The monoisotopic (exact) mass is 542 g/mol. The standard InChI is InChI=1S/C30H31ClN6O2/c1-4-28(29-33-34-35-37(29)17-21-10-12-25(39-3)13-11-21)36(18-22-7-5-6-8-26(22)31)19-24-16-23-15-20(2)9-14-27(23)32-30(24)38/h5-16,28H,4,17-19H2,1-3H3,(H,32,38)/t28-/m1/s1. The maximum absolute atomic E-state index is 13.2. The Morgan fingerprint density at radius 3 is 2.54 bits per heavy atom. The Labute approximate surface area is 232 Å². The first-order chi connectivity index (χ1) is 18.9. The van der Waals surface area contributed by atoms with E-state index in [9.17, 15) is 4.79 Å². The maximum Gasteiger partial charge on any atom is 0.252 e. The van der Waals surface area contributed by atoms with Gasteiger partial charge in [0.2, 0.25) is 0 Å². The van der Waals surface area contributed by atoms with Gasteiger partial charge in [-0.05, 0) is 76.7 Å². The number of rotatable bonds is 10. The van der Waals surface area contributed by atoms with Crippen LogP contribution in [0.5, 0.6) is 5.75 Å². The molecule has 0 saturated carbocycles. The number of tetrazole rings is 1. The van der Waals surface area contributed by atoms with E-state index in [1.807, 2.05) is 78.3 Å². The molecule has 1 atom stereocenters. The molecule has 39 heavy (non-hydrogen) atoms. The Kier molecular flexibility index (Phi) is 8.05. The number of aromatic amines is 1. The molecule has 0 amide bonds. The van der Waals surface area contributed by atoms with Gasteiger partial charge in [0.05, 0.1) is 19.7 Å². The zero-order chi connectivity index (χ0) is 27.4. The van der Waals surface area contributed by atoms with E-state index in [1.165, 1.54) is 0 Å². The normalized spacial score (nSPS) is 12.2. The first-order valence-corrected chi connectivity index (χ1v) is 13.3. The lowest BCUT2D eigenvalue weighted by atomic mass is 10.1. The number of ether oxygens (including phenoxy) is 1. The van der Waals surface area contributed by atoms with Crippen molar-refractivity contribution in [1.29, 1.82) is 0 Å². The molecule has 0 saturated heterocycles. The van der Waals surface area contributed by atoms with Gasteiger partial charge in [-0.1, -0.05) is 60.5 Å². The second-order valence-corrected chi connectivity index (χ2v) is 10.1. The van der Waals surface area contributed by atoms with E-state index >= 15 is 0 Å². The Morgan fingerprint density at radius 2 is 1.79 bits per heavy atom. The predicted octanol–water partition coefficient (Wildman–Crippen LogP) is 5.69. The van der Waals surface area contributed by atoms with Crippen LogP contribution in [-0.4, -0.2) is 37.2 Å². The van der Waals surface area contributed by atoms with Crippen molar-refractivity contribution >= 4 is 22.5 Å². The summed E-state index contributed by atoms with van der Waals surface area (Å²) in [6.45, 7) is 5.59. The fraction of sp³-hybridized carbons (Fsp3) is 0.267. The number of fused-ring (bicyclic) bond motifs is 1. The molecular weight excluding hydrogens is 512 g/mol. The third kappa shape index (κ3) is 6.02. The van der Waals surface area contributed by atoms with Crippen LogP contribution in [0, 0.1) is 6.92 Å². The van der Waals surface area contributed by atoms with Gasteiger partial charge >= 0.3 is 0 Å². The Balaban J connectivity index is 1.52. The number of H-pyrrole nitrogens is 1. The molecule has 0 aliphatic rings. The van der Waals surface area contributed by atoms with E-state index in [0.717, 1.165) is 45.6 Å². The molecule has 0 spiro atoms. The molecule has 3 aromatic carbocycles. The average molecular weight is 543 g/mol. The average Bonchev–Trinajstić information content (AvgIpc) is 3.39. The number of hydrogen-bond acceptors (Lipinski definition) is 6. The molecule has 5 aromatic rings. The Morgan fingerprint density at radius 1 is 1.03 bits per heavy atom. The van der Waals surface area contributed by atoms with Crippen molar-refractivity contribution in [3.05, 3.63) is 116 Å². The van der Waals surface area contributed by atoms with Gasteiger partial charge < -0.3 is 9.72 Å². The number of pyridine rings is 1. The van der Waals surface area contributed by atoms with E-state index in [1.54, 1.807) is 7.11 Å². The Bertz CT molecular complexity index is 1630. The third-order valence-corrected chi connectivity index (χ3v) is 7.33. The summed E-state index contributed by atoms with van der Waals surface area (Å²) in [7, 11) is 1.65. The molecule has 5 rings (SSSR count). The maximum atomic E-state index is 13.2. The van der Waals surface area contributed by atoms with Gasteiger partial charge in [0, 0.05) is 29.2 Å². The summed E-state index contributed by atoms with van der Waals surface area (Å²) in [5, 5.41) is 14.5. The van der Waals surface area contributed by atoms with Gasteiger partial charge in [-0.15, -0.1) is 5.10 Å². The number of aromatic nitrogens is 5. The third-order valence-electron chi connectivity index (χ3n) is 6.96. The summed E-state index contributed by atoms with van der Waals surface area (Å²) in [5.41, 5.74) is 4.55. The van der Waals surface area contributed by atoms with Crippen molar-refractivity contribution < 1.29 is 4.74 Å². The first-order valence-electron chi connectivity index (χ1n) is 12.9. The Hall–Kier alpha value is -4.01. The van der Waals surface area contributed by atoms with Crippen molar-refractivity contribution in [2.45, 2.75) is 45.9 Å². The highest BCUT2D eigenvalue weighted by Crippen LogP contribution is 2.29. The molecular formula is C30H31ClN6O2. The summed E-state index contributed by atoms with van der Waals surface area (Å²) in [6, 6.07) is 23.5. The van der Waals surface area contributed by atoms with Crippen LogP contribution in [0.2, 0.25) is 5.02 Å². The lowest BCUT2D eigenvalue weighted by molar-refractivity contribution is 0.161. The van der Waals surface area contributed by atoms with E-state index in [4.69, 9.17) is 16.3 Å². The molecule has 0 unspecified atom stereocenters. The van der Waals surface area contributed by atoms with Crippen LogP contribution < -0.4 is 10.3 Å². The molecule has 0 radical (unpaired) electrons. The number of nitrogens with one attached hydrogen (secondary N) is 1. The van der Waals surface area contributed by atoms with Crippen molar-refractivity contribution in [1.82, 2.24) is 30.1 Å². The van der Waals surface area contributed by atoms with Crippen LogP contribution >= 0.6 is 11.6 Å². The summed E-state index contributed by atoms with van der Waals surface area (Å²) in [4.78, 5) is 18.4. The molecule has 9 heteroatoms.